The first-order chi connectivity index (χ1) is 13.7. The summed E-state index contributed by atoms with van der Waals surface area (Å²) in [6, 6.07) is 7.66. The van der Waals surface area contributed by atoms with E-state index in [9.17, 15) is 18.4 Å². The van der Waals surface area contributed by atoms with E-state index in [1.165, 1.54) is 12.1 Å². The van der Waals surface area contributed by atoms with E-state index in [-0.39, 0.29) is 28.9 Å². The quantitative estimate of drug-likeness (QED) is 0.526. The first-order valence-corrected chi connectivity index (χ1v) is 9.30. The van der Waals surface area contributed by atoms with Crippen molar-refractivity contribution in [3.63, 3.8) is 0 Å². The molecule has 0 aliphatic heterocycles. The average Bonchev–Trinajstić information content (AvgIpc) is 2.65. The number of hydrogen-bond acceptors (Lipinski definition) is 4. The molecule has 2 aromatic carbocycles. The fraction of sp³-hybridized carbons (Fsp3) is 0.222. The molecule has 2 aromatic rings. The minimum atomic E-state index is -3.07. The number of benzene rings is 2. The number of amides is 2. The number of carbonyl (C=O) groups is 2. The normalized spacial score (nSPS) is 10.6. The fourth-order valence-electron chi connectivity index (χ4n) is 2.22. The van der Waals surface area contributed by atoms with Crippen LogP contribution in [-0.4, -0.2) is 31.5 Å². The maximum absolute atomic E-state index is 12.3. The average molecular weight is 467 g/mol. The van der Waals surface area contributed by atoms with Crippen molar-refractivity contribution < 1.29 is 23.1 Å². The zero-order valence-electron chi connectivity index (χ0n) is 15.0. The molecule has 2 amide bonds. The monoisotopic (exact) mass is 465 g/mol. The van der Waals surface area contributed by atoms with Crippen LogP contribution in [0, 0.1) is 6.92 Å². The van der Waals surface area contributed by atoms with E-state index in [0.29, 0.717) is 22.0 Å². The van der Waals surface area contributed by atoms with Crippen molar-refractivity contribution in [2.24, 2.45) is 0 Å². The third-order valence-electron chi connectivity index (χ3n) is 3.65. The maximum atomic E-state index is 12.3. The van der Waals surface area contributed by atoms with E-state index in [1.54, 1.807) is 25.1 Å². The molecule has 0 radical (unpaired) electrons. The van der Waals surface area contributed by atoms with Gasteiger partial charge in [-0.25, -0.2) is 0 Å². The summed E-state index contributed by atoms with van der Waals surface area (Å²) in [5.41, 5.74) is 1.57. The lowest BCUT2D eigenvalue weighted by atomic mass is 10.2. The molecule has 0 bridgehead atoms. The highest BCUT2D eigenvalue weighted by Crippen LogP contribution is 2.36. The second kappa shape index (κ2) is 10.5. The van der Waals surface area contributed by atoms with Crippen molar-refractivity contribution in [3.8, 4) is 5.75 Å². The maximum Gasteiger partial charge on any atom is 0.387 e. The molecule has 0 fully saturated rings. The Kier molecular flexibility index (Phi) is 8.31. The Morgan fingerprint density at radius 2 is 1.69 bits per heavy atom. The molecule has 0 aliphatic rings. The number of ether oxygens (including phenoxy) is 1. The highest BCUT2D eigenvalue weighted by Gasteiger charge is 2.15. The van der Waals surface area contributed by atoms with Crippen molar-refractivity contribution in [3.05, 3.63) is 51.0 Å². The molecule has 6 nitrogen and oxygen atoms in total. The zero-order valence-corrected chi connectivity index (χ0v) is 17.3. The SMILES string of the molecule is Cc1c(Cl)cccc1NC(=O)CNC(=O)CNc1cc(Cl)c(OC(F)F)c(Cl)c1. The summed E-state index contributed by atoms with van der Waals surface area (Å²) in [4.78, 5) is 23.9. The minimum Gasteiger partial charge on any atom is -0.432 e. The first kappa shape index (κ1) is 23.0. The predicted octanol–water partition coefficient (Wildman–Crippen LogP) is 4.72. The summed E-state index contributed by atoms with van der Waals surface area (Å²) >= 11 is 17.7. The molecule has 11 heteroatoms. The second-order valence-corrected chi connectivity index (χ2v) is 6.96. The van der Waals surface area contributed by atoms with Crippen LogP contribution in [0.15, 0.2) is 30.3 Å². The molecule has 0 spiro atoms. The summed E-state index contributed by atoms with van der Waals surface area (Å²) in [5.74, 6) is -1.27. The van der Waals surface area contributed by atoms with Gasteiger partial charge in [-0.05, 0) is 36.8 Å². The Labute approximate surface area is 180 Å². The van der Waals surface area contributed by atoms with Gasteiger partial charge in [-0.1, -0.05) is 40.9 Å². The van der Waals surface area contributed by atoms with E-state index >= 15 is 0 Å². The molecular weight excluding hydrogens is 451 g/mol. The first-order valence-electron chi connectivity index (χ1n) is 8.16. The summed E-state index contributed by atoms with van der Waals surface area (Å²) in [7, 11) is 0. The molecule has 0 unspecified atom stereocenters. The van der Waals surface area contributed by atoms with Gasteiger partial charge in [-0.2, -0.15) is 8.78 Å². The van der Waals surface area contributed by atoms with Crippen LogP contribution < -0.4 is 20.7 Å². The number of hydrogen-bond donors (Lipinski definition) is 3. The van der Waals surface area contributed by atoms with Gasteiger partial charge in [0.25, 0.3) is 0 Å². The summed E-state index contributed by atoms with van der Waals surface area (Å²) in [6.45, 7) is -1.77. The number of carbonyl (C=O) groups excluding carboxylic acids is 2. The molecule has 0 saturated carbocycles. The molecule has 156 valence electrons. The fourth-order valence-corrected chi connectivity index (χ4v) is 2.98. The lowest BCUT2D eigenvalue weighted by molar-refractivity contribution is -0.122. The van der Waals surface area contributed by atoms with Crippen LogP contribution >= 0.6 is 34.8 Å². The van der Waals surface area contributed by atoms with E-state index in [2.05, 4.69) is 20.7 Å². The molecule has 0 atom stereocenters. The Morgan fingerprint density at radius 3 is 2.31 bits per heavy atom. The second-order valence-electron chi connectivity index (χ2n) is 5.74. The van der Waals surface area contributed by atoms with Gasteiger partial charge in [0.05, 0.1) is 23.1 Å². The molecule has 0 saturated heterocycles. The topological polar surface area (TPSA) is 79.5 Å². The van der Waals surface area contributed by atoms with Gasteiger partial charge in [0.2, 0.25) is 11.8 Å². The summed E-state index contributed by atoms with van der Waals surface area (Å²) in [5, 5.41) is 8.04. The molecule has 0 heterocycles. The number of anilines is 2. The number of alkyl halides is 2. The van der Waals surface area contributed by atoms with Gasteiger partial charge in [0, 0.05) is 16.4 Å². The number of nitrogens with one attached hydrogen (secondary N) is 3. The van der Waals surface area contributed by atoms with Gasteiger partial charge in [-0.3, -0.25) is 9.59 Å². The van der Waals surface area contributed by atoms with Crippen molar-refractivity contribution >= 4 is 58.0 Å². The van der Waals surface area contributed by atoms with Crippen molar-refractivity contribution in [1.82, 2.24) is 5.32 Å². The van der Waals surface area contributed by atoms with Crippen LogP contribution in [0.5, 0.6) is 5.75 Å². The summed E-state index contributed by atoms with van der Waals surface area (Å²) < 4.78 is 28.9. The van der Waals surface area contributed by atoms with E-state index in [0.717, 1.165) is 0 Å². The Morgan fingerprint density at radius 1 is 1.03 bits per heavy atom. The van der Waals surface area contributed by atoms with Crippen molar-refractivity contribution in [2.75, 3.05) is 23.7 Å². The molecule has 2 rings (SSSR count). The number of rotatable bonds is 8. The van der Waals surface area contributed by atoms with Crippen molar-refractivity contribution in [2.45, 2.75) is 13.5 Å². The van der Waals surface area contributed by atoms with E-state index < -0.39 is 18.4 Å². The van der Waals surface area contributed by atoms with Crippen LogP contribution in [0.1, 0.15) is 5.56 Å². The Bertz CT molecular complexity index is 890. The molecular formula is C18H16Cl3F2N3O3. The molecule has 0 aliphatic carbocycles. The highest BCUT2D eigenvalue weighted by atomic mass is 35.5. The van der Waals surface area contributed by atoms with Gasteiger partial charge in [0.15, 0.2) is 5.75 Å². The van der Waals surface area contributed by atoms with Crippen LogP contribution in [0.2, 0.25) is 15.1 Å². The van der Waals surface area contributed by atoms with E-state index in [4.69, 9.17) is 34.8 Å². The largest absolute Gasteiger partial charge is 0.432 e. The van der Waals surface area contributed by atoms with E-state index in [1.807, 2.05) is 0 Å². The molecule has 29 heavy (non-hydrogen) atoms. The lowest BCUT2D eigenvalue weighted by Crippen LogP contribution is -2.36. The third-order valence-corrected chi connectivity index (χ3v) is 4.62. The van der Waals surface area contributed by atoms with Crippen LogP contribution in [-0.2, 0) is 9.59 Å². The van der Waals surface area contributed by atoms with Gasteiger partial charge >= 0.3 is 6.61 Å². The van der Waals surface area contributed by atoms with Crippen LogP contribution in [0.25, 0.3) is 0 Å². The van der Waals surface area contributed by atoms with Gasteiger partial charge < -0.3 is 20.7 Å². The van der Waals surface area contributed by atoms with Crippen molar-refractivity contribution in [1.29, 1.82) is 0 Å². The molecule has 0 aromatic heterocycles. The third kappa shape index (κ3) is 6.92. The Balaban J connectivity index is 1.84. The minimum absolute atomic E-state index is 0.142. The van der Waals surface area contributed by atoms with Crippen LogP contribution in [0.4, 0.5) is 20.2 Å². The van der Waals surface area contributed by atoms with Gasteiger partial charge in [0.1, 0.15) is 0 Å². The zero-order chi connectivity index (χ0) is 21.6. The lowest BCUT2D eigenvalue weighted by Gasteiger charge is -2.13. The molecule has 3 N–H and O–H groups in total. The number of halogens is 5. The van der Waals surface area contributed by atoms with Gasteiger partial charge in [-0.15, -0.1) is 0 Å². The highest BCUT2D eigenvalue weighted by molar-refractivity contribution is 6.37. The smallest absolute Gasteiger partial charge is 0.387 e. The predicted molar refractivity (Wildman–Crippen MR) is 109 cm³/mol. The Hall–Kier alpha value is -2.29. The van der Waals surface area contributed by atoms with Crippen LogP contribution in [0.3, 0.4) is 0 Å². The standard InChI is InChI=1S/C18H16Cl3F2N3O3/c1-9-11(19)3-2-4-14(9)26-16(28)8-25-15(27)7-24-10-5-12(20)17(13(21)6-10)29-18(22)23/h2-6,18,24H,7-8H2,1H3,(H,25,27)(H,26,28). The summed E-state index contributed by atoms with van der Waals surface area (Å²) in [6.07, 6.45) is 0.